The lowest BCUT2D eigenvalue weighted by Crippen LogP contribution is -2.54. The molecule has 2 rings (SSSR count). The maximum absolute atomic E-state index is 12.8. The third kappa shape index (κ3) is 3.75. The third-order valence-corrected chi connectivity index (χ3v) is 3.95. The molecule has 1 aliphatic heterocycles. The second-order valence-corrected chi connectivity index (χ2v) is 7.05. The summed E-state index contributed by atoms with van der Waals surface area (Å²) in [5.74, 6) is -0.251. The highest BCUT2D eigenvalue weighted by atomic mass is 16.6. The number of hydrogen-bond acceptors (Lipinski definition) is 4. The number of rotatable bonds is 2. The summed E-state index contributed by atoms with van der Waals surface area (Å²) in [6.07, 6.45) is 0.881. The largest absolute Gasteiger partial charge is 0.444 e. The molecule has 0 bridgehead atoms. The fourth-order valence-corrected chi connectivity index (χ4v) is 2.68. The molecule has 1 heterocycles. The Hall–Kier alpha value is -2.24. The first-order valence-electron chi connectivity index (χ1n) is 7.80. The number of nitrogens with two attached hydrogens (primary N) is 1. The molecule has 1 atom stereocenters. The zero-order chi connectivity index (χ0) is 17.3. The van der Waals surface area contributed by atoms with Gasteiger partial charge in [-0.25, -0.2) is 4.79 Å². The number of anilines is 2. The molecule has 0 aliphatic carbocycles. The van der Waals surface area contributed by atoms with Gasteiger partial charge in [-0.15, -0.1) is 0 Å². The summed E-state index contributed by atoms with van der Waals surface area (Å²) in [5, 5.41) is 2.83. The van der Waals surface area contributed by atoms with E-state index in [9.17, 15) is 9.59 Å². The normalized spacial score (nSPS) is 21.1. The van der Waals surface area contributed by atoms with Crippen molar-refractivity contribution < 1.29 is 14.3 Å². The van der Waals surface area contributed by atoms with E-state index < -0.39 is 17.2 Å². The van der Waals surface area contributed by atoms with Crippen LogP contribution in [0.25, 0.3) is 0 Å². The molecule has 1 aromatic carbocycles. The van der Waals surface area contributed by atoms with Gasteiger partial charge in [0, 0.05) is 6.54 Å². The van der Waals surface area contributed by atoms with E-state index in [0.29, 0.717) is 24.3 Å². The Morgan fingerprint density at radius 1 is 1.30 bits per heavy atom. The molecule has 1 fully saturated rings. The van der Waals surface area contributed by atoms with Gasteiger partial charge in [-0.1, -0.05) is 12.1 Å². The molecule has 1 unspecified atom stereocenters. The highest BCUT2D eigenvalue weighted by molar-refractivity contribution is 6.01. The van der Waals surface area contributed by atoms with Crippen molar-refractivity contribution in [2.24, 2.45) is 0 Å². The van der Waals surface area contributed by atoms with Crippen molar-refractivity contribution in [2.45, 2.75) is 51.7 Å². The molecule has 6 heteroatoms. The Balaban J connectivity index is 2.17. The van der Waals surface area contributed by atoms with Crippen LogP contribution in [0.3, 0.4) is 0 Å². The summed E-state index contributed by atoms with van der Waals surface area (Å²) in [4.78, 5) is 26.7. The van der Waals surface area contributed by atoms with Crippen LogP contribution in [0.15, 0.2) is 24.3 Å². The van der Waals surface area contributed by atoms with Crippen molar-refractivity contribution in [1.29, 1.82) is 0 Å². The highest BCUT2D eigenvalue weighted by Gasteiger charge is 2.47. The van der Waals surface area contributed by atoms with E-state index in [1.807, 2.05) is 20.8 Å². The van der Waals surface area contributed by atoms with Gasteiger partial charge >= 0.3 is 6.09 Å². The van der Waals surface area contributed by atoms with Crippen LogP contribution in [-0.2, 0) is 9.53 Å². The SMILES string of the molecule is CC(C)(C)OC(=O)N1CCCC1(C)C(=O)Nc1ccccc1N. The lowest BCUT2D eigenvalue weighted by atomic mass is 9.97. The van der Waals surface area contributed by atoms with Crippen LogP contribution in [-0.4, -0.2) is 34.6 Å². The molecule has 0 spiro atoms. The summed E-state index contributed by atoms with van der Waals surface area (Å²) < 4.78 is 5.42. The topological polar surface area (TPSA) is 84.7 Å². The van der Waals surface area contributed by atoms with Crippen LogP contribution in [0.5, 0.6) is 0 Å². The number of benzene rings is 1. The van der Waals surface area contributed by atoms with Gasteiger partial charge in [-0.2, -0.15) is 0 Å². The fourth-order valence-electron chi connectivity index (χ4n) is 2.68. The molecule has 3 N–H and O–H groups in total. The summed E-state index contributed by atoms with van der Waals surface area (Å²) >= 11 is 0. The van der Waals surface area contributed by atoms with Crippen molar-refractivity contribution in [3.8, 4) is 0 Å². The van der Waals surface area contributed by atoms with E-state index in [-0.39, 0.29) is 5.91 Å². The molecular formula is C17H25N3O3. The van der Waals surface area contributed by atoms with Crippen LogP contribution < -0.4 is 11.1 Å². The molecule has 1 aromatic rings. The van der Waals surface area contributed by atoms with Crippen LogP contribution in [0.2, 0.25) is 0 Å². The first kappa shape index (κ1) is 17.1. The smallest absolute Gasteiger partial charge is 0.411 e. The zero-order valence-electron chi connectivity index (χ0n) is 14.2. The summed E-state index contributed by atoms with van der Waals surface area (Å²) in [6, 6.07) is 7.06. The number of para-hydroxylation sites is 2. The van der Waals surface area contributed by atoms with Crippen molar-refractivity contribution in [3.63, 3.8) is 0 Å². The first-order chi connectivity index (χ1) is 10.6. The molecule has 126 valence electrons. The van der Waals surface area contributed by atoms with E-state index in [1.54, 1.807) is 31.2 Å². The minimum Gasteiger partial charge on any atom is -0.444 e. The first-order valence-corrected chi connectivity index (χ1v) is 7.80. The third-order valence-electron chi connectivity index (χ3n) is 3.95. The molecule has 1 aliphatic rings. The summed E-state index contributed by atoms with van der Waals surface area (Å²) in [5.41, 5.74) is 5.37. The summed E-state index contributed by atoms with van der Waals surface area (Å²) in [6.45, 7) is 7.69. The fraction of sp³-hybridized carbons (Fsp3) is 0.529. The molecule has 0 aromatic heterocycles. The van der Waals surface area contributed by atoms with E-state index >= 15 is 0 Å². The van der Waals surface area contributed by atoms with Gasteiger partial charge in [0.05, 0.1) is 11.4 Å². The van der Waals surface area contributed by atoms with Crippen LogP contribution >= 0.6 is 0 Å². The average molecular weight is 319 g/mol. The molecule has 2 amide bonds. The Morgan fingerprint density at radius 2 is 1.96 bits per heavy atom. The predicted octanol–water partition coefficient (Wildman–Crippen LogP) is 3.00. The van der Waals surface area contributed by atoms with E-state index in [0.717, 1.165) is 6.42 Å². The number of nitrogens with one attached hydrogen (secondary N) is 1. The van der Waals surface area contributed by atoms with Crippen molar-refractivity contribution >= 4 is 23.4 Å². The van der Waals surface area contributed by atoms with Crippen molar-refractivity contribution in [2.75, 3.05) is 17.6 Å². The zero-order valence-corrected chi connectivity index (χ0v) is 14.2. The van der Waals surface area contributed by atoms with Crippen LogP contribution in [0.4, 0.5) is 16.2 Å². The number of hydrogen-bond donors (Lipinski definition) is 2. The highest BCUT2D eigenvalue weighted by Crippen LogP contribution is 2.32. The number of nitrogens with zero attached hydrogens (tertiary/aromatic N) is 1. The quantitative estimate of drug-likeness (QED) is 0.821. The van der Waals surface area contributed by atoms with Gasteiger partial charge < -0.3 is 15.8 Å². The minimum absolute atomic E-state index is 0.251. The van der Waals surface area contributed by atoms with Gasteiger partial charge in [0.25, 0.3) is 0 Å². The monoisotopic (exact) mass is 319 g/mol. The minimum atomic E-state index is -0.940. The van der Waals surface area contributed by atoms with Gasteiger partial charge in [0.15, 0.2) is 0 Å². The predicted molar refractivity (Wildman–Crippen MR) is 90.1 cm³/mol. The molecule has 6 nitrogen and oxygen atoms in total. The van der Waals surface area contributed by atoms with Gasteiger partial charge in [-0.05, 0) is 52.7 Å². The van der Waals surface area contributed by atoms with Gasteiger partial charge in [0.2, 0.25) is 5.91 Å². The number of carbonyl (C=O) groups excluding carboxylic acids is 2. The van der Waals surface area contributed by atoms with Gasteiger partial charge in [-0.3, -0.25) is 9.69 Å². The molecule has 0 radical (unpaired) electrons. The maximum Gasteiger partial charge on any atom is 0.411 e. The van der Waals surface area contributed by atoms with Gasteiger partial charge in [0.1, 0.15) is 11.1 Å². The Bertz CT molecular complexity index is 609. The molecular weight excluding hydrogens is 294 g/mol. The molecule has 0 saturated carbocycles. The second kappa shape index (κ2) is 6.10. The van der Waals surface area contributed by atoms with E-state index in [2.05, 4.69) is 5.32 Å². The van der Waals surface area contributed by atoms with Crippen LogP contribution in [0, 0.1) is 0 Å². The van der Waals surface area contributed by atoms with E-state index in [1.165, 1.54) is 4.90 Å². The Labute approximate surface area is 137 Å². The van der Waals surface area contributed by atoms with Crippen molar-refractivity contribution in [3.05, 3.63) is 24.3 Å². The van der Waals surface area contributed by atoms with Crippen molar-refractivity contribution in [1.82, 2.24) is 4.90 Å². The lowest BCUT2D eigenvalue weighted by molar-refractivity contribution is -0.125. The molecule has 1 saturated heterocycles. The Kier molecular flexibility index (Phi) is 4.54. The standard InChI is InChI=1S/C17H25N3O3/c1-16(2,3)23-15(22)20-11-7-10-17(20,4)14(21)19-13-9-6-5-8-12(13)18/h5-6,8-9H,7,10-11,18H2,1-4H3,(H,19,21). The van der Waals surface area contributed by atoms with E-state index in [4.69, 9.17) is 10.5 Å². The number of carbonyl (C=O) groups is 2. The number of nitrogen functional groups attached to an aromatic ring is 1. The second-order valence-electron chi connectivity index (χ2n) is 7.05. The summed E-state index contributed by atoms with van der Waals surface area (Å²) in [7, 11) is 0. The number of likely N-dealkylation sites (tertiary alicyclic amines) is 1. The maximum atomic E-state index is 12.8. The average Bonchev–Trinajstić information content (AvgIpc) is 2.83. The lowest BCUT2D eigenvalue weighted by Gasteiger charge is -2.35. The number of ether oxygens (including phenoxy) is 1. The Morgan fingerprint density at radius 3 is 2.57 bits per heavy atom. The number of amides is 2. The molecule has 23 heavy (non-hydrogen) atoms. The van der Waals surface area contributed by atoms with Crippen LogP contribution in [0.1, 0.15) is 40.5 Å².